The number of halogens is 1. The third-order valence-electron chi connectivity index (χ3n) is 6.05. The van der Waals surface area contributed by atoms with E-state index in [1.54, 1.807) is 23.2 Å². The molecule has 8 heteroatoms. The topological polar surface area (TPSA) is 66.7 Å². The van der Waals surface area contributed by atoms with E-state index in [-0.39, 0.29) is 17.4 Å². The average Bonchev–Trinajstić information content (AvgIpc) is 3.52. The Morgan fingerprint density at radius 1 is 1.09 bits per heavy atom. The van der Waals surface area contributed by atoms with Gasteiger partial charge in [0, 0.05) is 43.1 Å². The van der Waals surface area contributed by atoms with Gasteiger partial charge in [0.05, 0.1) is 10.4 Å². The van der Waals surface area contributed by atoms with Crippen LogP contribution in [0.1, 0.15) is 49.2 Å². The van der Waals surface area contributed by atoms with Gasteiger partial charge < -0.3 is 14.6 Å². The van der Waals surface area contributed by atoms with E-state index in [0.29, 0.717) is 30.4 Å². The summed E-state index contributed by atoms with van der Waals surface area (Å²) < 4.78 is 15.9. The Kier molecular flexibility index (Phi) is 5.92. The Balaban J connectivity index is 1.16. The highest BCUT2D eigenvalue weighted by molar-refractivity contribution is 7.14. The summed E-state index contributed by atoms with van der Waals surface area (Å²) in [6.45, 7) is 1.59. The number of likely N-dealkylation sites (tertiary alicyclic amines) is 1. The van der Waals surface area contributed by atoms with Gasteiger partial charge in [0.2, 0.25) is 0 Å². The van der Waals surface area contributed by atoms with Crippen molar-refractivity contribution in [2.24, 2.45) is 0 Å². The van der Waals surface area contributed by atoms with Crippen LogP contribution < -0.4 is 5.32 Å². The lowest BCUT2D eigenvalue weighted by Gasteiger charge is -2.31. The normalized spacial score (nSPS) is 14.5. The van der Waals surface area contributed by atoms with Crippen LogP contribution in [0.2, 0.25) is 0 Å². The highest BCUT2D eigenvalue weighted by Gasteiger charge is 2.27. The van der Waals surface area contributed by atoms with Gasteiger partial charge in [-0.05, 0) is 60.7 Å². The third kappa shape index (κ3) is 4.52. The van der Waals surface area contributed by atoms with Crippen LogP contribution in [0.4, 0.5) is 4.39 Å². The molecule has 0 aliphatic carbocycles. The molecule has 0 saturated carbocycles. The molecule has 4 heterocycles. The zero-order valence-electron chi connectivity index (χ0n) is 17.9. The fourth-order valence-corrected chi connectivity index (χ4v) is 5.29. The summed E-state index contributed by atoms with van der Waals surface area (Å²) >= 11 is 1.50. The van der Waals surface area contributed by atoms with E-state index in [9.17, 15) is 14.0 Å². The first kappa shape index (κ1) is 21.3. The van der Waals surface area contributed by atoms with Crippen LogP contribution in [0.25, 0.3) is 5.65 Å². The van der Waals surface area contributed by atoms with Gasteiger partial charge in [0.15, 0.2) is 0 Å². The molecule has 6 nitrogen and oxygen atoms in total. The van der Waals surface area contributed by atoms with Crippen LogP contribution >= 0.6 is 11.3 Å². The number of carbonyl (C=O) groups excluding carboxylic acids is 2. The Bertz CT molecular complexity index is 1310. The fourth-order valence-electron chi connectivity index (χ4n) is 4.20. The van der Waals surface area contributed by atoms with Crippen molar-refractivity contribution in [1.82, 2.24) is 19.6 Å². The van der Waals surface area contributed by atoms with Crippen molar-refractivity contribution < 1.29 is 14.0 Å². The largest absolute Gasteiger partial charge is 0.347 e. The van der Waals surface area contributed by atoms with Crippen molar-refractivity contribution in [3.05, 3.63) is 93.8 Å². The van der Waals surface area contributed by atoms with Crippen LogP contribution in [0, 0.1) is 5.82 Å². The third-order valence-corrected chi connectivity index (χ3v) is 7.30. The minimum atomic E-state index is -0.483. The summed E-state index contributed by atoms with van der Waals surface area (Å²) in [5.74, 6) is -0.541. The number of nitrogens with zero attached hydrogens (tertiary/aromatic N) is 3. The molecule has 1 aromatic carbocycles. The number of amides is 2. The van der Waals surface area contributed by atoms with E-state index < -0.39 is 5.82 Å². The number of hydrogen-bond acceptors (Lipinski definition) is 4. The highest BCUT2D eigenvalue weighted by Crippen LogP contribution is 2.33. The molecule has 168 valence electrons. The van der Waals surface area contributed by atoms with E-state index in [1.165, 1.54) is 23.5 Å². The van der Waals surface area contributed by atoms with Gasteiger partial charge in [-0.3, -0.25) is 9.59 Å². The molecule has 5 rings (SSSR count). The molecule has 4 aromatic rings. The van der Waals surface area contributed by atoms with Gasteiger partial charge in [-0.2, -0.15) is 0 Å². The van der Waals surface area contributed by atoms with Crippen LogP contribution in [0.5, 0.6) is 0 Å². The molecule has 1 fully saturated rings. The number of rotatable bonds is 5. The number of carbonyl (C=O) groups is 2. The molecule has 3 aromatic heterocycles. The van der Waals surface area contributed by atoms with Crippen LogP contribution in [-0.2, 0) is 6.54 Å². The Morgan fingerprint density at radius 2 is 1.91 bits per heavy atom. The second-order valence-corrected chi connectivity index (χ2v) is 9.27. The molecule has 1 saturated heterocycles. The first-order valence-electron chi connectivity index (χ1n) is 10.9. The number of thiophene rings is 1. The van der Waals surface area contributed by atoms with Crippen molar-refractivity contribution in [1.29, 1.82) is 0 Å². The van der Waals surface area contributed by atoms with Crippen LogP contribution in [-0.4, -0.2) is 39.2 Å². The average molecular weight is 463 g/mol. The zero-order chi connectivity index (χ0) is 22.8. The van der Waals surface area contributed by atoms with E-state index in [0.717, 1.165) is 28.9 Å². The molecule has 1 aliphatic heterocycles. The summed E-state index contributed by atoms with van der Waals surface area (Å²) in [4.78, 5) is 33.1. The first-order valence-corrected chi connectivity index (χ1v) is 11.7. The molecule has 0 unspecified atom stereocenters. The molecular formula is C25H23FN4O2S. The quantitative estimate of drug-likeness (QED) is 0.475. The number of fused-ring (bicyclic) bond motifs is 1. The maximum atomic E-state index is 14.0. The molecule has 1 N–H and O–H groups in total. The number of aromatic nitrogens is 2. The summed E-state index contributed by atoms with van der Waals surface area (Å²) in [5.41, 5.74) is 1.96. The fraction of sp³-hybridized carbons (Fsp3) is 0.240. The van der Waals surface area contributed by atoms with Gasteiger partial charge in [0.25, 0.3) is 11.8 Å². The standard InChI is InChI=1S/C25H23FN4O2S/c26-20-4-2-1-3-19(20)25(32)30-12-8-18(9-13-30)21-5-6-22(33-21)24(31)28-16-17-7-11-29-14-10-27-23(29)15-17/h1-7,10-11,14-15,18H,8-9,12-13,16H2,(H,28,31). The van der Waals surface area contributed by atoms with E-state index in [4.69, 9.17) is 0 Å². The SMILES string of the molecule is O=C(NCc1ccn2ccnc2c1)c1ccc(C2CCN(C(=O)c3ccccc3F)CC2)s1. The highest BCUT2D eigenvalue weighted by atomic mass is 32.1. The summed E-state index contributed by atoms with van der Waals surface area (Å²) in [6.07, 6.45) is 7.14. The lowest BCUT2D eigenvalue weighted by atomic mass is 9.95. The number of imidazole rings is 1. The number of nitrogens with one attached hydrogen (secondary N) is 1. The van der Waals surface area contributed by atoms with E-state index in [2.05, 4.69) is 10.3 Å². The second-order valence-electron chi connectivity index (χ2n) is 8.16. The molecule has 0 spiro atoms. The zero-order valence-corrected chi connectivity index (χ0v) is 18.7. The number of pyridine rings is 1. The summed E-state index contributed by atoms with van der Waals surface area (Å²) in [6, 6.07) is 13.9. The van der Waals surface area contributed by atoms with Gasteiger partial charge >= 0.3 is 0 Å². The number of piperidine rings is 1. The number of hydrogen-bond donors (Lipinski definition) is 1. The van der Waals surface area contributed by atoms with Crippen molar-refractivity contribution in [3.8, 4) is 0 Å². The van der Waals surface area contributed by atoms with Crippen molar-refractivity contribution in [2.75, 3.05) is 13.1 Å². The van der Waals surface area contributed by atoms with E-state index >= 15 is 0 Å². The molecular weight excluding hydrogens is 439 g/mol. The van der Waals surface area contributed by atoms with Gasteiger partial charge in [-0.15, -0.1) is 11.3 Å². The molecule has 0 atom stereocenters. The Morgan fingerprint density at radius 3 is 2.73 bits per heavy atom. The summed E-state index contributed by atoms with van der Waals surface area (Å²) in [7, 11) is 0. The van der Waals surface area contributed by atoms with Gasteiger partial charge in [-0.1, -0.05) is 12.1 Å². The predicted molar refractivity (Wildman–Crippen MR) is 125 cm³/mol. The molecule has 0 radical (unpaired) electrons. The molecule has 33 heavy (non-hydrogen) atoms. The van der Waals surface area contributed by atoms with Crippen molar-refractivity contribution in [2.45, 2.75) is 25.3 Å². The first-order chi connectivity index (χ1) is 16.1. The smallest absolute Gasteiger partial charge is 0.261 e. The van der Waals surface area contributed by atoms with Crippen molar-refractivity contribution in [3.63, 3.8) is 0 Å². The molecule has 0 bridgehead atoms. The summed E-state index contributed by atoms with van der Waals surface area (Å²) in [5, 5.41) is 2.98. The van der Waals surface area contributed by atoms with Crippen molar-refractivity contribution >= 4 is 28.8 Å². The Hall–Kier alpha value is -3.52. The van der Waals surface area contributed by atoms with Crippen LogP contribution in [0.15, 0.2) is 67.1 Å². The number of benzene rings is 1. The Labute approximate surface area is 194 Å². The van der Waals surface area contributed by atoms with Gasteiger partial charge in [0.1, 0.15) is 11.5 Å². The van der Waals surface area contributed by atoms with Gasteiger partial charge in [-0.25, -0.2) is 9.37 Å². The minimum absolute atomic E-state index is 0.0957. The molecule has 2 amide bonds. The minimum Gasteiger partial charge on any atom is -0.347 e. The monoisotopic (exact) mass is 462 g/mol. The van der Waals surface area contributed by atoms with E-state index in [1.807, 2.05) is 41.1 Å². The molecule has 1 aliphatic rings. The second kappa shape index (κ2) is 9.15. The predicted octanol–water partition coefficient (Wildman–Crippen LogP) is 4.48. The maximum absolute atomic E-state index is 14.0. The van der Waals surface area contributed by atoms with Crippen LogP contribution in [0.3, 0.4) is 0 Å². The lowest BCUT2D eigenvalue weighted by Crippen LogP contribution is -2.38. The lowest BCUT2D eigenvalue weighted by molar-refractivity contribution is 0.0709. The maximum Gasteiger partial charge on any atom is 0.261 e.